The van der Waals surface area contributed by atoms with Crippen LogP contribution >= 0.6 is 23.2 Å². The molecule has 0 radical (unpaired) electrons. The third kappa shape index (κ3) is 6.34. The van der Waals surface area contributed by atoms with Gasteiger partial charge in [0.05, 0.1) is 12.2 Å². The number of hydrogen-bond acceptors (Lipinski definition) is 7. The van der Waals surface area contributed by atoms with Gasteiger partial charge in [0.2, 0.25) is 0 Å². The number of nitrogens with zero attached hydrogens (tertiary/aromatic N) is 6. The van der Waals surface area contributed by atoms with E-state index in [1.807, 2.05) is 4.90 Å². The smallest absolute Gasteiger partial charge is 0.355 e. The summed E-state index contributed by atoms with van der Waals surface area (Å²) in [6.45, 7) is 6.14. The average Bonchev–Trinajstić information content (AvgIpc) is 3.25. The molecule has 8 nitrogen and oxygen atoms in total. The van der Waals surface area contributed by atoms with Crippen molar-refractivity contribution in [3.05, 3.63) is 45.7 Å². The molecule has 3 aromatic rings. The Balaban J connectivity index is 1.31. The van der Waals surface area contributed by atoms with Crippen LogP contribution in [0.3, 0.4) is 0 Å². The zero-order valence-electron chi connectivity index (χ0n) is 21.9. The molecule has 2 atom stereocenters. The van der Waals surface area contributed by atoms with Crippen molar-refractivity contribution in [1.82, 2.24) is 24.6 Å². The van der Waals surface area contributed by atoms with Gasteiger partial charge >= 0.3 is 6.18 Å². The van der Waals surface area contributed by atoms with Crippen LogP contribution in [0.25, 0.3) is 11.2 Å². The van der Waals surface area contributed by atoms with Crippen LogP contribution in [0.2, 0.25) is 10.0 Å². The molecule has 2 aromatic heterocycles. The molecular formula is C26H31Cl2F3N6O2S. The molecule has 2 aliphatic rings. The first-order valence-electron chi connectivity index (χ1n) is 13.4. The van der Waals surface area contributed by atoms with Gasteiger partial charge in [-0.15, -0.1) is 0 Å². The summed E-state index contributed by atoms with van der Waals surface area (Å²) in [5.41, 5.74) is -0.751. The first-order valence-corrected chi connectivity index (χ1v) is 15.5. The van der Waals surface area contributed by atoms with Crippen molar-refractivity contribution in [2.45, 2.75) is 44.8 Å². The third-order valence-electron chi connectivity index (χ3n) is 7.95. The molecule has 40 heavy (non-hydrogen) atoms. The van der Waals surface area contributed by atoms with Crippen molar-refractivity contribution in [1.29, 1.82) is 0 Å². The molecule has 0 amide bonds. The van der Waals surface area contributed by atoms with Crippen LogP contribution in [0.4, 0.5) is 19.0 Å². The summed E-state index contributed by atoms with van der Waals surface area (Å²) in [6.07, 6.45) is 0.502. The van der Waals surface area contributed by atoms with Crippen LogP contribution in [0.1, 0.15) is 49.9 Å². The topological polar surface area (TPSA) is 84.2 Å². The Morgan fingerprint density at radius 1 is 1.12 bits per heavy atom. The van der Waals surface area contributed by atoms with Gasteiger partial charge in [-0.25, -0.2) is 23.1 Å². The number of alkyl halides is 3. The van der Waals surface area contributed by atoms with Crippen LogP contribution < -0.4 is 4.90 Å². The van der Waals surface area contributed by atoms with Crippen molar-refractivity contribution in [2.24, 2.45) is 11.8 Å². The maximum atomic E-state index is 13.9. The highest BCUT2D eigenvalue weighted by Crippen LogP contribution is 2.38. The van der Waals surface area contributed by atoms with Gasteiger partial charge in [-0.2, -0.15) is 18.3 Å². The van der Waals surface area contributed by atoms with Crippen molar-refractivity contribution in [3.8, 4) is 0 Å². The summed E-state index contributed by atoms with van der Waals surface area (Å²) in [6, 6.07) is 4.21. The fourth-order valence-corrected chi connectivity index (χ4v) is 6.79. The van der Waals surface area contributed by atoms with Gasteiger partial charge in [0, 0.05) is 35.4 Å². The summed E-state index contributed by atoms with van der Waals surface area (Å²) in [5, 5.41) is 4.65. The minimum atomic E-state index is -4.69. The normalized spacial score (nSPS) is 19.9. The lowest BCUT2D eigenvalue weighted by Gasteiger charge is -2.47. The van der Waals surface area contributed by atoms with Gasteiger partial charge in [-0.3, -0.25) is 0 Å². The van der Waals surface area contributed by atoms with Gasteiger partial charge in [-0.05, 0) is 75.2 Å². The molecule has 0 unspecified atom stereocenters. The molecule has 14 heteroatoms. The van der Waals surface area contributed by atoms with E-state index in [0.29, 0.717) is 39.7 Å². The zero-order valence-corrected chi connectivity index (χ0v) is 24.4. The third-order valence-corrected chi connectivity index (χ3v) is 9.19. The van der Waals surface area contributed by atoms with E-state index in [9.17, 15) is 21.6 Å². The monoisotopic (exact) mass is 618 g/mol. The molecule has 0 saturated carbocycles. The van der Waals surface area contributed by atoms with Crippen LogP contribution in [-0.4, -0.2) is 71.5 Å². The number of benzene rings is 1. The fraction of sp³-hybridized carbons (Fsp3) is 0.577. The summed E-state index contributed by atoms with van der Waals surface area (Å²) in [7, 11) is -2.31. The van der Waals surface area contributed by atoms with Crippen LogP contribution in [0, 0.1) is 11.8 Å². The van der Waals surface area contributed by atoms with Gasteiger partial charge in [0.15, 0.2) is 11.3 Å². The Hall–Kier alpha value is -2.15. The molecule has 0 N–H and O–H groups in total. The van der Waals surface area contributed by atoms with Gasteiger partial charge in [0.1, 0.15) is 22.0 Å². The maximum Gasteiger partial charge on any atom is 0.437 e. The molecule has 2 saturated heterocycles. The Kier molecular flexibility index (Phi) is 8.80. The fourth-order valence-electron chi connectivity index (χ4n) is 5.74. The standard InChI is InChI=1S/C26H31Cl2F3N6O2S/c1-16(20-7-6-19(27)11-21(20)28)37-25-23(24(34-37)26(29,30)31)32-12-22(33-25)36-14-18(15-36)17-5-4-9-35(13-17)8-2-3-10-40(38)39/h6-7,11-12,16-18,40H,2-5,8-10,13-15H2,1H3/t16-,17-/m1/s1. The summed E-state index contributed by atoms with van der Waals surface area (Å²) < 4.78 is 64.4. The van der Waals surface area contributed by atoms with E-state index in [-0.39, 0.29) is 16.9 Å². The quantitative estimate of drug-likeness (QED) is 0.257. The largest absolute Gasteiger partial charge is 0.437 e. The predicted molar refractivity (Wildman–Crippen MR) is 150 cm³/mol. The highest BCUT2D eigenvalue weighted by atomic mass is 35.5. The lowest BCUT2D eigenvalue weighted by Crippen LogP contribution is -2.54. The molecule has 1 aromatic carbocycles. The lowest BCUT2D eigenvalue weighted by molar-refractivity contribution is -0.140. The number of hydrogen-bond donors (Lipinski definition) is 1. The van der Waals surface area contributed by atoms with Crippen molar-refractivity contribution in [3.63, 3.8) is 0 Å². The number of piperidine rings is 1. The molecule has 5 rings (SSSR count). The van der Waals surface area contributed by atoms with E-state index in [4.69, 9.17) is 23.2 Å². The van der Waals surface area contributed by atoms with E-state index in [0.717, 1.165) is 52.0 Å². The molecule has 2 aliphatic heterocycles. The van der Waals surface area contributed by atoms with Crippen molar-refractivity contribution >= 4 is 50.9 Å². The Labute approximate surface area is 242 Å². The molecule has 0 bridgehead atoms. The Bertz CT molecular complexity index is 1440. The lowest BCUT2D eigenvalue weighted by atomic mass is 9.80. The molecular weight excluding hydrogens is 588 g/mol. The summed E-state index contributed by atoms with van der Waals surface area (Å²) >= 11 is 12.4. The molecule has 2 fully saturated rings. The highest BCUT2D eigenvalue weighted by Gasteiger charge is 2.40. The first kappa shape index (κ1) is 29.3. The Morgan fingerprint density at radius 3 is 2.60 bits per heavy atom. The second-order valence-corrected chi connectivity index (χ2v) is 12.6. The molecule has 4 heterocycles. The minimum Gasteiger partial charge on any atom is -0.355 e. The number of likely N-dealkylation sites (tertiary alicyclic amines) is 1. The SMILES string of the molecule is C[C@H](c1ccc(Cl)cc1Cl)n1nc(C(F)(F)F)c2ncc(N3CC([C@@H]4CCCN(CCCC[SH](=O)=O)C4)C3)nc21. The summed E-state index contributed by atoms with van der Waals surface area (Å²) in [5.74, 6) is 1.74. The second kappa shape index (κ2) is 12.0. The predicted octanol–water partition coefficient (Wildman–Crippen LogP) is 5.30. The molecule has 0 spiro atoms. The number of unbranched alkanes of at least 4 members (excludes halogenated alkanes) is 1. The van der Waals surface area contributed by atoms with Crippen LogP contribution in [0.15, 0.2) is 24.4 Å². The molecule has 218 valence electrons. The van der Waals surface area contributed by atoms with E-state index >= 15 is 0 Å². The number of thiol groups is 1. The number of halogens is 5. The average molecular weight is 620 g/mol. The van der Waals surface area contributed by atoms with E-state index in [1.165, 1.54) is 10.9 Å². The van der Waals surface area contributed by atoms with E-state index in [1.54, 1.807) is 25.1 Å². The van der Waals surface area contributed by atoms with Gasteiger partial charge in [0.25, 0.3) is 0 Å². The van der Waals surface area contributed by atoms with Gasteiger partial charge in [-0.1, -0.05) is 29.3 Å². The van der Waals surface area contributed by atoms with Crippen molar-refractivity contribution < 1.29 is 21.6 Å². The highest BCUT2D eigenvalue weighted by molar-refractivity contribution is 7.72. The van der Waals surface area contributed by atoms with Gasteiger partial charge < -0.3 is 9.80 Å². The van der Waals surface area contributed by atoms with Crippen molar-refractivity contribution in [2.75, 3.05) is 43.4 Å². The minimum absolute atomic E-state index is 0.0514. The maximum absolute atomic E-state index is 13.9. The molecule has 0 aliphatic carbocycles. The van der Waals surface area contributed by atoms with Crippen LogP contribution in [0.5, 0.6) is 0 Å². The van der Waals surface area contributed by atoms with Crippen LogP contribution in [-0.2, 0) is 16.9 Å². The Morgan fingerprint density at radius 2 is 1.90 bits per heavy atom. The number of anilines is 1. The van der Waals surface area contributed by atoms with E-state index in [2.05, 4.69) is 20.0 Å². The number of rotatable bonds is 9. The zero-order chi connectivity index (χ0) is 28.6. The van der Waals surface area contributed by atoms with E-state index < -0.39 is 28.6 Å². The first-order chi connectivity index (χ1) is 19.0. The second-order valence-electron chi connectivity index (χ2n) is 10.7. The number of fused-ring (bicyclic) bond motifs is 1. The number of aromatic nitrogens is 4. The summed E-state index contributed by atoms with van der Waals surface area (Å²) in [4.78, 5) is 13.3.